The highest BCUT2D eigenvalue weighted by Gasteiger charge is 2.31. The lowest BCUT2D eigenvalue weighted by molar-refractivity contribution is -0.122. The molecule has 1 N–H and O–H groups in total. The van der Waals surface area contributed by atoms with Crippen LogP contribution >= 0.6 is 0 Å². The van der Waals surface area contributed by atoms with Gasteiger partial charge in [0.1, 0.15) is 6.04 Å². The molecule has 0 aromatic heterocycles. The molecule has 1 aliphatic carbocycles. The van der Waals surface area contributed by atoms with Crippen molar-refractivity contribution in [2.75, 3.05) is 10.6 Å². The number of benzene rings is 1. The third-order valence-electron chi connectivity index (χ3n) is 4.64. The summed E-state index contributed by atoms with van der Waals surface area (Å²) >= 11 is 0. The van der Waals surface area contributed by atoms with E-state index < -0.39 is 16.1 Å². The van der Waals surface area contributed by atoms with E-state index in [0.717, 1.165) is 43.1 Å². The van der Waals surface area contributed by atoms with Crippen LogP contribution in [0.15, 0.2) is 18.2 Å². The van der Waals surface area contributed by atoms with Crippen LogP contribution in [0.4, 0.5) is 5.69 Å². The minimum absolute atomic E-state index is 0.161. The van der Waals surface area contributed by atoms with Crippen molar-refractivity contribution in [2.24, 2.45) is 0 Å². The quantitative estimate of drug-likeness (QED) is 0.886. The number of carbonyl (C=O) groups is 1. The second-order valence-electron chi connectivity index (χ2n) is 6.87. The molecule has 1 fully saturated rings. The summed E-state index contributed by atoms with van der Waals surface area (Å²) in [5.41, 5.74) is 2.37. The normalized spacial score (nSPS) is 17.3. The van der Waals surface area contributed by atoms with Crippen molar-refractivity contribution in [3.05, 3.63) is 29.3 Å². The van der Waals surface area contributed by atoms with Crippen LogP contribution in [0.1, 0.15) is 50.2 Å². The number of hydrogen-bond donors (Lipinski definition) is 1. The van der Waals surface area contributed by atoms with Crippen LogP contribution in [0.25, 0.3) is 0 Å². The van der Waals surface area contributed by atoms with Crippen LogP contribution in [0.2, 0.25) is 0 Å². The SMILES string of the molecule is Cc1ccc(C)c(N(C(C)C(=O)NC2CCCCC2)S(C)(=O)=O)c1. The maximum Gasteiger partial charge on any atom is 0.243 e. The van der Waals surface area contributed by atoms with Crippen molar-refractivity contribution in [2.45, 2.75) is 65.0 Å². The topological polar surface area (TPSA) is 66.5 Å². The van der Waals surface area contributed by atoms with E-state index >= 15 is 0 Å². The van der Waals surface area contributed by atoms with Gasteiger partial charge in [-0.25, -0.2) is 8.42 Å². The molecule has 0 radical (unpaired) electrons. The molecule has 1 aromatic rings. The molecule has 5 nitrogen and oxygen atoms in total. The lowest BCUT2D eigenvalue weighted by atomic mass is 9.95. The highest BCUT2D eigenvalue weighted by Crippen LogP contribution is 2.26. The number of aryl methyl sites for hydroxylation is 2. The molecule has 1 saturated carbocycles. The highest BCUT2D eigenvalue weighted by molar-refractivity contribution is 7.92. The maximum absolute atomic E-state index is 12.7. The first-order chi connectivity index (χ1) is 11.2. The molecule has 24 heavy (non-hydrogen) atoms. The van der Waals surface area contributed by atoms with E-state index in [0.29, 0.717) is 5.69 Å². The fourth-order valence-electron chi connectivity index (χ4n) is 3.31. The third kappa shape index (κ3) is 4.50. The Kier molecular flexibility index (Phi) is 5.91. The van der Waals surface area contributed by atoms with Gasteiger partial charge in [-0.15, -0.1) is 0 Å². The summed E-state index contributed by atoms with van der Waals surface area (Å²) in [7, 11) is -3.57. The van der Waals surface area contributed by atoms with Crippen LogP contribution in [-0.2, 0) is 14.8 Å². The lowest BCUT2D eigenvalue weighted by Gasteiger charge is -2.31. The van der Waals surface area contributed by atoms with E-state index in [2.05, 4.69) is 5.32 Å². The first-order valence-electron chi connectivity index (χ1n) is 8.57. The number of hydrogen-bond acceptors (Lipinski definition) is 3. The summed E-state index contributed by atoms with van der Waals surface area (Å²) in [5.74, 6) is -0.228. The van der Waals surface area contributed by atoms with Crippen LogP contribution in [0.5, 0.6) is 0 Å². The van der Waals surface area contributed by atoms with Gasteiger partial charge in [0.25, 0.3) is 0 Å². The average Bonchev–Trinajstić information content (AvgIpc) is 2.50. The lowest BCUT2D eigenvalue weighted by Crippen LogP contribution is -2.50. The predicted octanol–water partition coefficient (Wildman–Crippen LogP) is 2.91. The van der Waals surface area contributed by atoms with Gasteiger partial charge in [0.15, 0.2) is 0 Å². The Bertz CT molecular complexity index is 694. The fraction of sp³-hybridized carbons (Fsp3) is 0.611. The van der Waals surface area contributed by atoms with Crippen molar-refractivity contribution in [1.82, 2.24) is 5.32 Å². The number of anilines is 1. The molecule has 2 rings (SSSR count). The predicted molar refractivity (Wildman–Crippen MR) is 97.7 cm³/mol. The second kappa shape index (κ2) is 7.55. The maximum atomic E-state index is 12.7. The average molecular weight is 353 g/mol. The van der Waals surface area contributed by atoms with Crippen molar-refractivity contribution < 1.29 is 13.2 Å². The zero-order chi connectivity index (χ0) is 17.9. The highest BCUT2D eigenvalue weighted by atomic mass is 32.2. The van der Waals surface area contributed by atoms with E-state index in [1.165, 1.54) is 10.7 Å². The summed E-state index contributed by atoms with van der Waals surface area (Å²) in [6.45, 7) is 5.43. The molecule has 1 aliphatic rings. The molecule has 1 aromatic carbocycles. The van der Waals surface area contributed by atoms with Crippen LogP contribution in [0, 0.1) is 13.8 Å². The molecule has 6 heteroatoms. The Labute approximate surface area is 145 Å². The Morgan fingerprint density at radius 1 is 1.21 bits per heavy atom. The summed E-state index contributed by atoms with van der Waals surface area (Å²) in [4.78, 5) is 12.7. The minimum Gasteiger partial charge on any atom is -0.352 e. The summed E-state index contributed by atoms with van der Waals surface area (Å²) < 4.78 is 26.0. The molecular formula is C18H28N2O3S. The molecule has 0 spiro atoms. The number of carbonyl (C=O) groups excluding carboxylic acids is 1. The van der Waals surface area contributed by atoms with Gasteiger partial charge in [-0.1, -0.05) is 31.4 Å². The number of nitrogens with one attached hydrogen (secondary N) is 1. The van der Waals surface area contributed by atoms with Gasteiger partial charge < -0.3 is 5.32 Å². The first-order valence-corrected chi connectivity index (χ1v) is 10.4. The van der Waals surface area contributed by atoms with Gasteiger partial charge in [0.2, 0.25) is 15.9 Å². The smallest absolute Gasteiger partial charge is 0.243 e. The molecule has 134 valence electrons. The van der Waals surface area contributed by atoms with Crippen LogP contribution in [-0.4, -0.2) is 32.7 Å². The van der Waals surface area contributed by atoms with Gasteiger partial charge in [0, 0.05) is 6.04 Å². The molecule has 0 bridgehead atoms. The molecule has 0 heterocycles. The summed E-state index contributed by atoms with van der Waals surface area (Å²) in [6, 6.07) is 5.03. The first kappa shape index (κ1) is 18.8. The van der Waals surface area contributed by atoms with Crippen LogP contribution in [0.3, 0.4) is 0 Å². The Morgan fingerprint density at radius 3 is 2.42 bits per heavy atom. The van der Waals surface area contributed by atoms with E-state index in [4.69, 9.17) is 0 Å². The minimum atomic E-state index is -3.57. The van der Waals surface area contributed by atoms with E-state index in [1.807, 2.05) is 32.0 Å². The van der Waals surface area contributed by atoms with Crippen molar-refractivity contribution in [3.8, 4) is 0 Å². The number of rotatable bonds is 5. The van der Waals surface area contributed by atoms with E-state index in [9.17, 15) is 13.2 Å². The molecule has 1 atom stereocenters. The molecule has 1 amide bonds. The summed E-state index contributed by atoms with van der Waals surface area (Å²) in [5, 5.41) is 3.03. The van der Waals surface area contributed by atoms with Crippen molar-refractivity contribution >= 4 is 21.6 Å². The summed E-state index contributed by atoms with van der Waals surface area (Å²) in [6.07, 6.45) is 6.54. The largest absolute Gasteiger partial charge is 0.352 e. The van der Waals surface area contributed by atoms with E-state index in [1.54, 1.807) is 6.92 Å². The molecular weight excluding hydrogens is 324 g/mol. The Morgan fingerprint density at radius 2 is 1.83 bits per heavy atom. The van der Waals surface area contributed by atoms with Crippen molar-refractivity contribution in [3.63, 3.8) is 0 Å². The number of sulfonamides is 1. The Balaban J connectivity index is 2.27. The zero-order valence-corrected chi connectivity index (χ0v) is 15.8. The third-order valence-corrected chi connectivity index (χ3v) is 5.87. The fourth-order valence-corrected chi connectivity index (χ4v) is 4.53. The molecule has 1 unspecified atom stereocenters. The monoisotopic (exact) mass is 352 g/mol. The van der Waals surface area contributed by atoms with Gasteiger partial charge in [-0.2, -0.15) is 0 Å². The van der Waals surface area contributed by atoms with Gasteiger partial charge >= 0.3 is 0 Å². The number of amides is 1. The van der Waals surface area contributed by atoms with E-state index in [-0.39, 0.29) is 11.9 Å². The van der Waals surface area contributed by atoms with Gasteiger partial charge in [-0.05, 0) is 50.8 Å². The van der Waals surface area contributed by atoms with Gasteiger partial charge in [0.05, 0.1) is 11.9 Å². The zero-order valence-electron chi connectivity index (χ0n) is 15.0. The second-order valence-corrected chi connectivity index (χ2v) is 8.73. The van der Waals surface area contributed by atoms with Gasteiger partial charge in [-0.3, -0.25) is 9.10 Å². The van der Waals surface area contributed by atoms with Crippen molar-refractivity contribution in [1.29, 1.82) is 0 Å². The number of nitrogens with zero attached hydrogens (tertiary/aromatic N) is 1. The standard InChI is InChI=1S/C18H28N2O3S/c1-13-10-11-14(2)17(12-13)20(24(4,22)23)15(3)18(21)19-16-8-6-5-7-9-16/h10-12,15-16H,5-9H2,1-4H3,(H,19,21). The molecule has 0 saturated heterocycles. The van der Waals surface area contributed by atoms with Crippen LogP contribution < -0.4 is 9.62 Å². The Hall–Kier alpha value is -1.56. The molecule has 0 aliphatic heterocycles.